The number of nitrogens with two attached hydrogens (primary N) is 2. The molecule has 0 heterocycles. The number of rotatable bonds is 15. The van der Waals surface area contributed by atoms with Crippen LogP contribution in [-0.2, 0) is 30.4 Å². The van der Waals surface area contributed by atoms with Crippen LogP contribution >= 0.6 is 0 Å². The summed E-state index contributed by atoms with van der Waals surface area (Å²) < 4.78 is 0. The Morgan fingerprint density at radius 1 is 0.943 bits per heavy atom. The Hall–Kier alpha value is -3.51. The zero-order chi connectivity index (χ0) is 26.6. The number of hydrogen-bond donors (Lipinski definition) is 7. The smallest absolute Gasteiger partial charge is 0.326 e. The lowest BCUT2D eigenvalue weighted by Gasteiger charge is -2.29. The van der Waals surface area contributed by atoms with Crippen LogP contribution in [0.3, 0.4) is 0 Å². The van der Waals surface area contributed by atoms with Gasteiger partial charge in [-0.05, 0) is 38.8 Å². The van der Waals surface area contributed by atoms with E-state index in [0.717, 1.165) is 0 Å². The van der Waals surface area contributed by atoms with Crippen molar-refractivity contribution >= 4 is 29.7 Å². The van der Waals surface area contributed by atoms with E-state index in [0.29, 0.717) is 31.4 Å². The van der Waals surface area contributed by atoms with E-state index < -0.39 is 59.7 Å². The molecule has 3 amide bonds. The maximum Gasteiger partial charge on any atom is 0.326 e. The molecule has 0 saturated heterocycles. The first-order valence-corrected chi connectivity index (χ1v) is 11.2. The largest absolute Gasteiger partial charge is 0.481 e. The first-order chi connectivity index (χ1) is 16.4. The number of carboxylic acids is 2. The van der Waals surface area contributed by atoms with Crippen LogP contribution in [0.1, 0.15) is 45.1 Å². The molecule has 1 rings (SSSR count). The fraction of sp³-hybridized carbons (Fsp3) is 0.522. The van der Waals surface area contributed by atoms with Crippen LogP contribution in [0, 0.1) is 0 Å². The molecule has 0 unspecified atom stereocenters. The Balaban J connectivity index is 2.99. The van der Waals surface area contributed by atoms with E-state index >= 15 is 0 Å². The molecule has 3 atom stereocenters. The van der Waals surface area contributed by atoms with E-state index in [9.17, 15) is 29.1 Å². The monoisotopic (exact) mass is 493 g/mol. The molecule has 9 N–H and O–H groups in total. The normalized spacial score (nSPS) is 13.7. The summed E-state index contributed by atoms with van der Waals surface area (Å²) in [5, 5.41) is 25.4. The molecule has 0 radical (unpaired) electrons. The topological polar surface area (TPSA) is 214 Å². The van der Waals surface area contributed by atoms with Crippen LogP contribution < -0.4 is 27.4 Å². The number of amides is 3. The lowest BCUT2D eigenvalue weighted by molar-refractivity contribution is -0.147. The molecule has 0 aliphatic rings. The first kappa shape index (κ1) is 29.5. The van der Waals surface area contributed by atoms with Crippen LogP contribution in [0.25, 0.3) is 0 Å². The fourth-order valence-electron chi connectivity index (χ4n) is 3.14. The minimum Gasteiger partial charge on any atom is -0.481 e. The van der Waals surface area contributed by atoms with Crippen molar-refractivity contribution in [2.24, 2.45) is 11.5 Å². The van der Waals surface area contributed by atoms with Crippen molar-refractivity contribution in [3.63, 3.8) is 0 Å². The summed E-state index contributed by atoms with van der Waals surface area (Å²) in [7, 11) is 0. The molecule has 0 bridgehead atoms. The maximum absolute atomic E-state index is 13.0. The number of hydrogen-bond acceptors (Lipinski definition) is 7. The molecule has 1 aromatic carbocycles. The fourth-order valence-corrected chi connectivity index (χ4v) is 3.14. The average Bonchev–Trinajstić information content (AvgIpc) is 2.78. The first-order valence-electron chi connectivity index (χ1n) is 11.2. The minimum atomic E-state index is -1.69. The highest BCUT2D eigenvalue weighted by Gasteiger charge is 2.35. The Bertz CT molecular complexity index is 892. The number of benzene rings is 1. The quantitative estimate of drug-likeness (QED) is 0.151. The average molecular weight is 494 g/mol. The van der Waals surface area contributed by atoms with Gasteiger partial charge in [-0.15, -0.1) is 0 Å². The second-order valence-corrected chi connectivity index (χ2v) is 8.72. The molecule has 0 saturated carbocycles. The predicted octanol–water partition coefficient (Wildman–Crippen LogP) is -0.891. The molecule has 1 aromatic rings. The van der Waals surface area contributed by atoms with Gasteiger partial charge in [-0.25, -0.2) is 4.79 Å². The molecular weight excluding hydrogens is 458 g/mol. The summed E-state index contributed by atoms with van der Waals surface area (Å²) in [5.41, 5.74) is 10.5. The highest BCUT2D eigenvalue weighted by atomic mass is 16.4. The summed E-state index contributed by atoms with van der Waals surface area (Å²) in [5.74, 6) is -5.06. The number of unbranched alkanes of at least 4 members (excludes halogenated alkanes) is 1. The van der Waals surface area contributed by atoms with E-state index in [4.69, 9.17) is 16.6 Å². The van der Waals surface area contributed by atoms with Gasteiger partial charge in [0.25, 0.3) is 0 Å². The van der Waals surface area contributed by atoms with Gasteiger partial charge in [0.1, 0.15) is 17.6 Å². The Morgan fingerprint density at radius 2 is 1.57 bits per heavy atom. The third-order valence-electron chi connectivity index (χ3n) is 5.21. The maximum atomic E-state index is 13.0. The molecule has 12 nitrogen and oxygen atoms in total. The van der Waals surface area contributed by atoms with E-state index in [1.54, 1.807) is 30.3 Å². The van der Waals surface area contributed by atoms with Gasteiger partial charge in [0, 0.05) is 6.42 Å². The van der Waals surface area contributed by atoms with Crippen molar-refractivity contribution < 1.29 is 34.2 Å². The van der Waals surface area contributed by atoms with Crippen LogP contribution in [0.15, 0.2) is 30.3 Å². The minimum absolute atomic E-state index is 0.000449. The molecule has 0 aromatic heterocycles. The molecule has 12 heteroatoms. The summed E-state index contributed by atoms with van der Waals surface area (Å²) in [6.45, 7) is 3.35. The highest BCUT2D eigenvalue weighted by molar-refractivity contribution is 5.96. The van der Waals surface area contributed by atoms with E-state index in [1.807, 2.05) is 0 Å². The number of nitrogens with one attached hydrogen (secondary N) is 3. The molecular formula is C23H35N5O7. The zero-order valence-corrected chi connectivity index (χ0v) is 20.0. The van der Waals surface area contributed by atoms with Gasteiger partial charge in [-0.3, -0.25) is 19.2 Å². The van der Waals surface area contributed by atoms with Crippen LogP contribution in [0.5, 0.6) is 0 Å². The molecule has 35 heavy (non-hydrogen) atoms. The van der Waals surface area contributed by atoms with Crippen LogP contribution in [0.4, 0.5) is 0 Å². The van der Waals surface area contributed by atoms with Crippen molar-refractivity contribution in [3.05, 3.63) is 35.9 Å². The standard InChI is InChI=1S/C23H35N5O7/c1-23(2,28-19(31)15(25)10-6-7-11-24)22(35)27-16(12-14-8-4-3-5-9-14)20(32)26-17(21(33)34)13-18(29)30/h3-5,8-9,15-17H,6-7,10-13,24-25H2,1-2H3,(H,26,32)(H,27,35)(H,28,31)(H,29,30)(H,33,34)/t15-,16+,17+/m1/s1. The van der Waals surface area contributed by atoms with Gasteiger partial charge < -0.3 is 37.6 Å². The summed E-state index contributed by atoms with van der Waals surface area (Å²) in [6.07, 6.45) is 0.912. The van der Waals surface area contributed by atoms with Gasteiger partial charge in [-0.2, -0.15) is 0 Å². The second-order valence-electron chi connectivity index (χ2n) is 8.72. The third-order valence-corrected chi connectivity index (χ3v) is 5.21. The molecule has 194 valence electrons. The van der Waals surface area contributed by atoms with E-state index in [-0.39, 0.29) is 6.42 Å². The Labute approximate surface area is 203 Å². The number of carbonyl (C=O) groups excluding carboxylic acids is 3. The molecule has 0 aliphatic heterocycles. The van der Waals surface area contributed by atoms with Gasteiger partial charge in [0.05, 0.1) is 12.5 Å². The van der Waals surface area contributed by atoms with Gasteiger partial charge in [0.15, 0.2) is 0 Å². The Kier molecular flexibility index (Phi) is 11.8. The molecule has 0 fully saturated rings. The van der Waals surface area contributed by atoms with Crippen molar-refractivity contribution in [1.29, 1.82) is 0 Å². The number of aliphatic carboxylic acids is 2. The lowest BCUT2D eigenvalue weighted by atomic mass is 9.99. The molecule has 0 aliphatic carbocycles. The Morgan fingerprint density at radius 3 is 2.11 bits per heavy atom. The molecule has 0 spiro atoms. The summed E-state index contributed by atoms with van der Waals surface area (Å²) in [4.78, 5) is 60.7. The van der Waals surface area contributed by atoms with Gasteiger partial charge in [-0.1, -0.05) is 36.8 Å². The van der Waals surface area contributed by atoms with Gasteiger partial charge in [0.2, 0.25) is 17.7 Å². The third kappa shape index (κ3) is 10.5. The summed E-state index contributed by atoms with van der Waals surface area (Å²) >= 11 is 0. The van der Waals surface area contributed by atoms with Crippen molar-refractivity contribution in [3.8, 4) is 0 Å². The second kappa shape index (κ2) is 14.0. The number of carbonyl (C=O) groups is 5. The van der Waals surface area contributed by atoms with Crippen LogP contribution in [0.2, 0.25) is 0 Å². The number of carboxylic acid groups (broad SMARTS) is 2. The van der Waals surface area contributed by atoms with E-state index in [1.165, 1.54) is 13.8 Å². The lowest BCUT2D eigenvalue weighted by Crippen LogP contribution is -2.62. The van der Waals surface area contributed by atoms with Crippen molar-refractivity contribution in [2.75, 3.05) is 6.54 Å². The van der Waals surface area contributed by atoms with Crippen molar-refractivity contribution in [2.45, 2.75) is 69.6 Å². The van der Waals surface area contributed by atoms with Crippen LogP contribution in [-0.4, -0.2) is 70.1 Å². The predicted molar refractivity (Wildman–Crippen MR) is 127 cm³/mol. The SMILES string of the molecule is CC(C)(NC(=O)[C@H](N)CCCCN)C(=O)N[C@@H](Cc1ccccc1)C(=O)N[C@@H](CC(=O)O)C(=O)O. The summed E-state index contributed by atoms with van der Waals surface area (Å²) in [6, 6.07) is 4.88. The highest BCUT2D eigenvalue weighted by Crippen LogP contribution is 2.09. The van der Waals surface area contributed by atoms with Crippen molar-refractivity contribution in [1.82, 2.24) is 16.0 Å². The van der Waals surface area contributed by atoms with E-state index in [2.05, 4.69) is 16.0 Å². The van der Waals surface area contributed by atoms with Gasteiger partial charge >= 0.3 is 11.9 Å². The zero-order valence-electron chi connectivity index (χ0n) is 20.0.